The number of fused-ring (bicyclic) bond motifs is 1. The Morgan fingerprint density at radius 2 is 1.88 bits per heavy atom. The number of H-pyrrole nitrogens is 1. The number of benzene rings is 1. The number of nitrogens with zero attached hydrogens (tertiary/aromatic N) is 1. The molecule has 16 heavy (non-hydrogen) atoms. The number of ether oxygens (including phenoxy) is 1. The Morgan fingerprint density at radius 1 is 1.12 bits per heavy atom. The van der Waals surface area contributed by atoms with E-state index in [0.717, 1.165) is 26.3 Å². The SMILES string of the molecule is Cl.c1ccc2[nH]c(N3CCOCC3)cc2c1. The Hall–Kier alpha value is -1.19. The van der Waals surface area contributed by atoms with Crippen LogP contribution < -0.4 is 4.90 Å². The third-order valence-corrected chi connectivity index (χ3v) is 2.87. The Morgan fingerprint density at radius 3 is 2.62 bits per heavy atom. The summed E-state index contributed by atoms with van der Waals surface area (Å²) in [6, 6.07) is 10.6. The Labute approximate surface area is 101 Å². The zero-order valence-electron chi connectivity index (χ0n) is 8.98. The van der Waals surface area contributed by atoms with Gasteiger partial charge in [0, 0.05) is 24.0 Å². The molecule has 0 bridgehead atoms. The minimum Gasteiger partial charge on any atom is -0.378 e. The smallest absolute Gasteiger partial charge is 0.107 e. The van der Waals surface area contributed by atoms with Crippen LogP contribution in [0.25, 0.3) is 10.9 Å². The number of hydrogen-bond acceptors (Lipinski definition) is 2. The van der Waals surface area contributed by atoms with Crippen molar-refractivity contribution in [2.45, 2.75) is 0 Å². The van der Waals surface area contributed by atoms with E-state index >= 15 is 0 Å². The largest absolute Gasteiger partial charge is 0.378 e. The minimum absolute atomic E-state index is 0. The number of rotatable bonds is 1. The first kappa shape index (κ1) is 11.3. The van der Waals surface area contributed by atoms with Crippen molar-refractivity contribution >= 4 is 29.1 Å². The molecule has 0 saturated carbocycles. The molecule has 0 aliphatic carbocycles. The highest BCUT2D eigenvalue weighted by Crippen LogP contribution is 2.21. The number of anilines is 1. The molecule has 0 radical (unpaired) electrons. The summed E-state index contributed by atoms with van der Waals surface area (Å²) < 4.78 is 5.34. The highest BCUT2D eigenvalue weighted by molar-refractivity contribution is 5.85. The average Bonchev–Trinajstić information content (AvgIpc) is 2.74. The van der Waals surface area contributed by atoms with Crippen LogP contribution in [-0.2, 0) is 4.74 Å². The first-order chi connectivity index (χ1) is 7.43. The zero-order chi connectivity index (χ0) is 10.1. The van der Waals surface area contributed by atoms with Crippen LogP contribution in [0.15, 0.2) is 30.3 Å². The molecule has 86 valence electrons. The van der Waals surface area contributed by atoms with Crippen molar-refractivity contribution in [3.8, 4) is 0 Å². The van der Waals surface area contributed by atoms with Crippen LogP contribution in [0.3, 0.4) is 0 Å². The van der Waals surface area contributed by atoms with Gasteiger partial charge in [0.2, 0.25) is 0 Å². The number of aromatic amines is 1. The van der Waals surface area contributed by atoms with Crippen molar-refractivity contribution in [3.05, 3.63) is 30.3 Å². The number of aromatic nitrogens is 1. The van der Waals surface area contributed by atoms with Gasteiger partial charge in [0.15, 0.2) is 0 Å². The highest BCUT2D eigenvalue weighted by atomic mass is 35.5. The zero-order valence-corrected chi connectivity index (χ0v) is 9.80. The standard InChI is InChI=1S/C12H14N2O.ClH/c1-2-4-11-10(3-1)9-12(13-11)14-5-7-15-8-6-14;/h1-4,9,13H,5-8H2;1H. The van der Waals surface area contributed by atoms with Gasteiger partial charge in [-0.2, -0.15) is 0 Å². The predicted octanol–water partition coefficient (Wildman–Crippen LogP) is 2.43. The summed E-state index contributed by atoms with van der Waals surface area (Å²) in [5.41, 5.74) is 1.21. The van der Waals surface area contributed by atoms with Gasteiger partial charge in [-0.25, -0.2) is 0 Å². The normalized spacial score (nSPS) is 16.1. The summed E-state index contributed by atoms with van der Waals surface area (Å²) in [7, 11) is 0. The molecular formula is C12H15ClN2O. The first-order valence-corrected chi connectivity index (χ1v) is 5.34. The van der Waals surface area contributed by atoms with Crippen molar-refractivity contribution in [2.75, 3.05) is 31.2 Å². The third-order valence-electron chi connectivity index (χ3n) is 2.87. The van der Waals surface area contributed by atoms with Crippen molar-refractivity contribution in [2.24, 2.45) is 0 Å². The van der Waals surface area contributed by atoms with Crippen LogP contribution in [0.5, 0.6) is 0 Å². The summed E-state index contributed by atoms with van der Waals surface area (Å²) in [4.78, 5) is 5.77. The van der Waals surface area contributed by atoms with E-state index in [-0.39, 0.29) is 12.4 Å². The summed E-state index contributed by atoms with van der Waals surface area (Å²) >= 11 is 0. The van der Waals surface area contributed by atoms with E-state index in [1.54, 1.807) is 0 Å². The molecule has 4 heteroatoms. The van der Waals surface area contributed by atoms with E-state index in [9.17, 15) is 0 Å². The van der Waals surface area contributed by atoms with Crippen LogP contribution in [0.1, 0.15) is 0 Å². The molecule has 0 amide bonds. The van der Waals surface area contributed by atoms with Gasteiger partial charge in [0.25, 0.3) is 0 Å². The van der Waals surface area contributed by atoms with E-state index in [0.29, 0.717) is 0 Å². The second kappa shape index (κ2) is 4.76. The number of nitrogens with one attached hydrogen (secondary N) is 1. The van der Waals surface area contributed by atoms with Gasteiger partial charge >= 0.3 is 0 Å². The van der Waals surface area contributed by atoms with Crippen LogP contribution in [0, 0.1) is 0 Å². The molecule has 0 atom stereocenters. The van der Waals surface area contributed by atoms with Crippen LogP contribution in [0.2, 0.25) is 0 Å². The fourth-order valence-electron chi connectivity index (χ4n) is 2.03. The lowest BCUT2D eigenvalue weighted by atomic mass is 10.2. The summed E-state index contributed by atoms with van der Waals surface area (Å²) in [6.45, 7) is 3.62. The van der Waals surface area contributed by atoms with E-state index in [1.165, 1.54) is 16.7 Å². The van der Waals surface area contributed by atoms with Crippen molar-refractivity contribution < 1.29 is 4.74 Å². The maximum Gasteiger partial charge on any atom is 0.107 e. The summed E-state index contributed by atoms with van der Waals surface area (Å²) in [6.07, 6.45) is 0. The average molecular weight is 239 g/mol. The predicted molar refractivity (Wildman–Crippen MR) is 68.6 cm³/mol. The van der Waals surface area contributed by atoms with E-state index < -0.39 is 0 Å². The van der Waals surface area contributed by atoms with Gasteiger partial charge < -0.3 is 14.6 Å². The van der Waals surface area contributed by atoms with Gasteiger partial charge in [-0.1, -0.05) is 18.2 Å². The molecule has 1 aliphatic rings. The maximum absolute atomic E-state index is 5.34. The van der Waals surface area contributed by atoms with Crippen molar-refractivity contribution in [3.63, 3.8) is 0 Å². The van der Waals surface area contributed by atoms with Gasteiger partial charge in [-0.3, -0.25) is 0 Å². The molecule has 1 aromatic heterocycles. The van der Waals surface area contributed by atoms with Gasteiger partial charge in [0.05, 0.1) is 13.2 Å². The van der Waals surface area contributed by atoms with Crippen LogP contribution >= 0.6 is 12.4 Å². The molecule has 1 saturated heterocycles. The van der Waals surface area contributed by atoms with E-state index in [1.807, 2.05) is 0 Å². The molecule has 3 nitrogen and oxygen atoms in total. The topological polar surface area (TPSA) is 28.3 Å². The van der Waals surface area contributed by atoms with Gasteiger partial charge in [-0.05, 0) is 12.1 Å². The number of para-hydroxylation sites is 1. The highest BCUT2D eigenvalue weighted by Gasteiger charge is 2.12. The fraction of sp³-hybridized carbons (Fsp3) is 0.333. The third kappa shape index (κ3) is 2.01. The number of morpholine rings is 1. The number of hydrogen-bond donors (Lipinski definition) is 1. The Balaban J connectivity index is 0.000000963. The van der Waals surface area contributed by atoms with Gasteiger partial charge in [0.1, 0.15) is 5.82 Å². The van der Waals surface area contributed by atoms with Gasteiger partial charge in [-0.15, -0.1) is 12.4 Å². The second-order valence-corrected chi connectivity index (χ2v) is 3.84. The maximum atomic E-state index is 5.34. The second-order valence-electron chi connectivity index (χ2n) is 3.84. The molecule has 2 heterocycles. The lowest BCUT2D eigenvalue weighted by Gasteiger charge is -2.27. The number of halogens is 1. The van der Waals surface area contributed by atoms with E-state index in [2.05, 4.69) is 40.2 Å². The molecular weight excluding hydrogens is 224 g/mol. The molecule has 2 aromatic rings. The molecule has 1 aromatic carbocycles. The molecule has 0 spiro atoms. The molecule has 1 fully saturated rings. The lowest BCUT2D eigenvalue weighted by molar-refractivity contribution is 0.122. The Bertz CT molecular complexity index is 430. The minimum atomic E-state index is 0. The van der Waals surface area contributed by atoms with Crippen molar-refractivity contribution in [1.29, 1.82) is 0 Å². The summed E-state index contributed by atoms with van der Waals surface area (Å²) in [5.74, 6) is 1.21. The lowest BCUT2D eigenvalue weighted by Crippen LogP contribution is -2.36. The van der Waals surface area contributed by atoms with Crippen molar-refractivity contribution in [1.82, 2.24) is 4.98 Å². The molecule has 0 unspecified atom stereocenters. The first-order valence-electron chi connectivity index (χ1n) is 5.34. The van der Waals surface area contributed by atoms with E-state index in [4.69, 9.17) is 4.74 Å². The van der Waals surface area contributed by atoms with Crippen LogP contribution in [-0.4, -0.2) is 31.3 Å². The quantitative estimate of drug-likeness (QED) is 0.827. The monoisotopic (exact) mass is 238 g/mol. The van der Waals surface area contributed by atoms with Crippen LogP contribution in [0.4, 0.5) is 5.82 Å². The molecule has 1 N–H and O–H groups in total. The fourth-order valence-corrected chi connectivity index (χ4v) is 2.03. The molecule has 1 aliphatic heterocycles. The summed E-state index contributed by atoms with van der Waals surface area (Å²) in [5, 5.41) is 1.28. The Kier molecular flexibility index (Phi) is 3.36. The molecule has 3 rings (SSSR count).